The minimum atomic E-state index is 1.15. The van der Waals surface area contributed by atoms with Crippen LogP contribution in [0, 0.1) is 0 Å². The van der Waals surface area contributed by atoms with Gasteiger partial charge in [0, 0.05) is 87.3 Å². The van der Waals surface area contributed by atoms with Crippen molar-refractivity contribution in [1.29, 1.82) is 0 Å². The van der Waals surface area contributed by atoms with E-state index in [0.29, 0.717) is 0 Å². The fourth-order valence-electron chi connectivity index (χ4n) is 7.01. The lowest BCUT2D eigenvalue weighted by Crippen LogP contribution is -1.81. The molecule has 186 valence electrons. The molecular weight excluding hydrogens is 488 g/mol. The second-order valence-corrected chi connectivity index (χ2v) is 10.9. The van der Waals surface area contributed by atoms with Crippen molar-refractivity contribution in [3.8, 4) is 11.1 Å². The topological polar surface area (TPSA) is 63.2 Å². The summed E-state index contributed by atoms with van der Waals surface area (Å²) in [4.78, 5) is 14.7. The molecule has 0 saturated carbocycles. The lowest BCUT2D eigenvalue weighted by atomic mass is 9.99. The Morgan fingerprint density at radius 3 is 1.77 bits per heavy atom. The summed E-state index contributed by atoms with van der Waals surface area (Å²) in [5, 5.41) is 10.1. The van der Waals surface area contributed by atoms with Crippen LogP contribution in [0.5, 0.6) is 0 Å². The maximum atomic E-state index is 3.76. The third-order valence-corrected chi connectivity index (χ3v) is 8.80. The molecule has 0 aliphatic carbocycles. The predicted molar refractivity (Wildman–Crippen MR) is 169 cm³/mol. The molecule has 4 N–H and O–H groups in total. The molecule has 6 aromatic carbocycles. The van der Waals surface area contributed by atoms with E-state index in [9.17, 15) is 0 Å². The normalized spacial score (nSPS) is 12.5. The molecule has 0 aliphatic heterocycles. The zero-order valence-corrected chi connectivity index (χ0v) is 21.4. The Hall–Kier alpha value is -5.48. The van der Waals surface area contributed by atoms with Crippen molar-refractivity contribution in [2.75, 3.05) is 0 Å². The van der Waals surface area contributed by atoms with Gasteiger partial charge < -0.3 is 19.9 Å². The lowest BCUT2D eigenvalue weighted by Gasteiger charge is -2.05. The van der Waals surface area contributed by atoms with Gasteiger partial charge in [0.15, 0.2) is 0 Å². The van der Waals surface area contributed by atoms with E-state index >= 15 is 0 Å². The molecule has 0 radical (unpaired) electrons. The molecule has 0 spiro atoms. The Kier molecular flexibility index (Phi) is 3.65. The highest BCUT2D eigenvalue weighted by atomic mass is 14.7. The SMILES string of the molecule is c1ccc2c(c1)[nH]c1cc3[nH]c4c(-c5ccc6c(c5)[nH]c5ccc7[nH]c8ccccc8c7c56)cccc4c3cc12. The van der Waals surface area contributed by atoms with E-state index in [1.807, 2.05) is 0 Å². The number of hydrogen-bond acceptors (Lipinski definition) is 0. The third-order valence-electron chi connectivity index (χ3n) is 8.80. The van der Waals surface area contributed by atoms with Crippen LogP contribution in [0.2, 0.25) is 0 Å². The summed E-state index contributed by atoms with van der Waals surface area (Å²) in [6, 6.07) is 39.5. The van der Waals surface area contributed by atoms with Gasteiger partial charge in [-0.25, -0.2) is 0 Å². The molecule has 0 fully saturated rings. The van der Waals surface area contributed by atoms with E-state index in [4.69, 9.17) is 0 Å². The first-order valence-corrected chi connectivity index (χ1v) is 13.7. The molecule has 10 aromatic rings. The Labute approximate surface area is 227 Å². The number of aromatic nitrogens is 4. The van der Waals surface area contributed by atoms with Crippen LogP contribution < -0.4 is 0 Å². The van der Waals surface area contributed by atoms with Crippen LogP contribution in [-0.2, 0) is 0 Å². The van der Waals surface area contributed by atoms with Crippen molar-refractivity contribution in [2.24, 2.45) is 0 Å². The molecular formula is C36H22N4. The predicted octanol–water partition coefficient (Wildman–Crippen LogP) is 9.89. The van der Waals surface area contributed by atoms with E-state index in [2.05, 4.69) is 129 Å². The van der Waals surface area contributed by atoms with Gasteiger partial charge in [0.05, 0.1) is 5.52 Å². The first kappa shape index (κ1) is 20.5. The zero-order valence-electron chi connectivity index (χ0n) is 21.4. The summed E-state index contributed by atoms with van der Waals surface area (Å²) in [6.07, 6.45) is 0. The van der Waals surface area contributed by atoms with E-state index in [1.165, 1.54) is 76.3 Å². The Morgan fingerprint density at radius 2 is 0.925 bits per heavy atom. The maximum Gasteiger partial charge on any atom is 0.0544 e. The van der Waals surface area contributed by atoms with Gasteiger partial charge in [-0.3, -0.25) is 0 Å². The van der Waals surface area contributed by atoms with Gasteiger partial charge in [-0.2, -0.15) is 0 Å². The van der Waals surface area contributed by atoms with Gasteiger partial charge in [0.25, 0.3) is 0 Å². The Balaban J connectivity index is 1.22. The van der Waals surface area contributed by atoms with Gasteiger partial charge in [-0.05, 0) is 48.0 Å². The molecule has 0 atom stereocenters. The molecule has 4 nitrogen and oxygen atoms in total. The highest BCUT2D eigenvalue weighted by Crippen LogP contribution is 2.40. The number of hydrogen-bond donors (Lipinski definition) is 4. The molecule has 10 rings (SSSR count). The average Bonchev–Trinajstić information content (AvgIpc) is 3.74. The fraction of sp³-hybridized carbons (Fsp3) is 0. The second kappa shape index (κ2) is 7.13. The highest BCUT2D eigenvalue weighted by Gasteiger charge is 2.16. The van der Waals surface area contributed by atoms with Crippen LogP contribution in [-0.4, -0.2) is 19.9 Å². The Bertz CT molecular complexity index is 2660. The molecule has 0 amide bonds. The quantitative estimate of drug-likeness (QED) is 0.170. The van der Waals surface area contributed by atoms with Gasteiger partial charge in [0.1, 0.15) is 0 Å². The van der Waals surface area contributed by atoms with Crippen molar-refractivity contribution in [1.82, 2.24) is 19.9 Å². The summed E-state index contributed by atoms with van der Waals surface area (Å²) in [5.74, 6) is 0. The molecule has 0 aliphatic rings. The van der Waals surface area contributed by atoms with Crippen LogP contribution >= 0.6 is 0 Å². The van der Waals surface area contributed by atoms with Crippen molar-refractivity contribution < 1.29 is 0 Å². The number of H-pyrrole nitrogens is 4. The van der Waals surface area contributed by atoms with Crippen LogP contribution in [0.25, 0.3) is 98.4 Å². The average molecular weight is 511 g/mol. The summed E-state index contributed by atoms with van der Waals surface area (Å²) < 4.78 is 0. The third kappa shape index (κ3) is 2.55. The van der Waals surface area contributed by atoms with Crippen molar-refractivity contribution >= 4 is 87.2 Å². The number of fused-ring (bicyclic) bond motifs is 13. The summed E-state index contributed by atoms with van der Waals surface area (Å²) in [7, 11) is 0. The van der Waals surface area contributed by atoms with E-state index in [0.717, 1.165) is 22.1 Å². The van der Waals surface area contributed by atoms with E-state index in [1.54, 1.807) is 0 Å². The first-order valence-electron chi connectivity index (χ1n) is 13.7. The molecule has 40 heavy (non-hydrogen) atoms. The zero-order chi connectivity index (χ0) is 25.9. The van der Waals surface area contributed by atoms with Gasteiger partial charge in [-0.15, -0.1) is 0 Å². The number of rotatable bonds is 1. The van der Waals surface area contributed by atoms with Crippen LogP contribution in [0.15, 0.2) is 109 Å². The summed E-state index contributed by atoms with van der Waals surface area (Å²) in [5.41, 5.74) is 11.7. The fourth-order valence-corrected chi connectivity index (χ4v) is 7.01. The maximum absolute atomic E-state index is 3.76. The van der Waals surface area contributed by atoms with Crippen LogP contribution in [0.1, 0.15) is 0 Å². The van der Waals surface area contributed by atoms with Gasteiger partial charge in [0.2, 0.25) is 0 Å². The Morgan fingerprint density at radius 1 is 0.325 bits per heavy atom. The smallest absolute Gasteiger partial charge is 0.0544 e. The molecule has 0 bridgehead atoms. The monoisotopic (exact) mass is 510 g/mol. The van der Waals surface area contributed by atoms with Gasteiger partial charge >= 0.3 is 0 Å². The number of aromatic amines is 4. The van der Waals surface area contributed by atoms with Crippen molar-refractivity contribution in [2.45, 2.75) is 0 Å². The molecule has 0 unspecified atom stereocenters. The largest absolute Gasteiger partial charge is 0.354 e. The standard InChI is InChI=1S/C36H22N4/c1-3-10-27-21(6-1)25-17-26-22-9-5-8-20(36(22)40-33(26)18-32(25)38-27)19-12-13-24-31(16-19)39-30-15-14-29-34(35(24)30)23-7-2-4-11-28(23)37-29/h1-18,37-40H. The minimum Gasteiger partial charge on any atom is -0.354 e. The number of benzene rings is 6. The summed E-state index contributed by atoms with van der Waals surface area (Å²) in [6.45, 7) is 0. The molecule has 4 heteroatoms. The molecule has 4 heterocycles. The lowest BCUT2D eigenvalue weighted by molar-refractivity contribution is 1.51. The van der Waals surface area contributed by atoms with Crippen molar-refractivity contribution in [3.63, 3.8) is 0 Å². The van der Waals surface area contributed by atoms with Crippen LogP contribution in [0.3, 0.4) is 0 Å². The second-order valence-electron chi connectivity index (χ2n) is 10.9. The first-order chi connectivity index (χ1) is 19.8. The molecule has 0 saturated heterocycles. The van der Waals surface area contributed by atoms with E-state index < -0.39 is 0 Å². The highest BCUT2D eigenvalue weighted by molar-refractivity contribution is 6.28. The summed E-state index contributed by atoms with van der Waals surface area (Å²) >= 11 is 0. The van der Waals surface area contributed by atoms with Crippen LogP contribution in [0.4, 0.5) is 0 Å². The minimum absolute atomic E-state index is 1.15. The van der Waals surface area contributed by atoms with E-state index in [-0.39, 0.29) is 0 Å². The molecule has 4 aromatic heterocycles. The number of nitrogens with one attached hydrogen (secondary N) is 4. The number of para-hydroxylation sites is 3. The van der Waals surface area contributed by atoms with Crippen molar-refractivity contribution in [3.05, 3.63) is 109 Å². The van der Waals surface area contributed by atoms with Gasteiger partial charge in [-0.1, -0.05) is 66.7 Å².